The molecule has 1 heterocycles. The summed E-state index contributed by atoms with van der Waals surface area (Å²) in [6.45, 7) is 0. The van der Waals surface area contributed by atoms with E-state index in [1.54, 1.807) is 0 Å². The zero-order chi connectivity index (χ0) is 10.7. The summed E-state index contributed by atoms with van der Waals surface area (Å²) in [5, 5.41) is 4.61. The molecule has 15 heavy (non-hydrogen) atoms. The van der Waals surface area contributed by atoms with Gasteiger partial charge in [-0.05, 0) is 37.7 Å². The van der Waals surface area contributed by atoms with Crippen LogP contribution in [0.15, 0.2) is 12.3 Å². The van der Waals surface area contributed by atoms with E-state index >= 15 is 0 Å². The lowest BCUT2D eigenvalue weighted by atomic mass is 9.85. The van der Waals surface area contributed by atoms with E-state index in [9.17, 15) is 0 Å². The number of alkyl halides is 1. The van der Waals surface area contributed by atoms with E-state index in [0.29, 0.717) is 5.38 Å². The summed E-state index contributed by atoms with van der Waals surface area (Å²) in [4.78, 5) is 0. The average Bonchev–Trinajstić information content (AvgIpc) is 2.61. The zero-order valence-electron chi connectivity index (χ0n) is 9.32. The number of aryl methyl sites for hydroxylation is 2. The summed E-state index contributed by atoms with van der Waals surface area (Å²) in [5.74, 6) is 0.830. The van der Waals surface area contributed by atoms with Gasteiger partial charge in [0.1, 0.15) is 0 Å². The molecule has 0 bridgehead atoms. The van der Waals surface area contributed by atoms with Crippen LogP contribution in [0.3, 0.4) is 0 Å². The Hall–Kier alpha value is -0.500. The fourth-order valence-electron chi connectivity index (χ4n) is 2.49. The highest BCUT2D eigenvalue weighted by molar-refractivity contribution is 6.20. The van der Waals surface area contributed by atoms with Gasteiger partial charge in [0.25, 0.3) is 0 Å². The zero-order valence-corrected chi connectivity index (χ0v) is 10.1. The Kier molecular flexibility index (Phi) is 3.68. The van der Waals surface area contributed by atoms with Crippen LogP contribution in [0.1, 0.15) is 37.8 Å². The summed E-state index contributed by atoms with van der Waals surface area (Å²) in [6.07, 6.45) is 9.38. The Labute approximate surface area is 96.6 Å². The maximum absolute atomic E-state index is 6.19. The molecule has 0 aromatic carbocycles. The number of nitrogens with zero attached hydrogens (tertiary/aromatic N) is 2. The fraction of sp³-hybridized carbons (Fsp3) is 0.750. The number of hydrogen-bond acceptors (Lipinski definition) is 1. The van der Waals surface area contributed by atoms with Gasteiger partial charge in [-0.15, -0.1) is 11.6 Å². The van der Waals surface area contributed by atoms with E-state index in [1.807, 2.05) is 17.9 Å². The summed E-state index contributed by atoms with van der Waals surface area (Å²) in [5.41, 5.74) is 1.34. The van der Waals surface area contributed by atoms with Crippen LogP contribution < -0.4 is 0 Å². The van der Waals surface area contributed by atoms with Gasteiger partial charge < -0.3 is 0 Å². The van der Waals surface area contributed by atoms with Crippen LogP contribution in [-0.2, 0) is 13.5 Å². The molecule has 1 aromatic rings. The average molecular weight is 227 g/mol. The highest BCUT2D eigenvalue weighted by Gasteiger charge is 2.20. The van der Waals surface area contributed by atoms with Crippen molar-refractivity contribution in [2.24, 2.45) is 13.0 Å². The molecular weight excluding hydrogens is 208 g/mol. The Morgan fingerprint density at radius 3 is 3.07 bits per heavy atom. The lowest BCUT2D eigenvalue weighted by molar-refractivity contribution is 0.341. The van der Waals surface area contributed by atoms with Crippen molar-refractivity contribution in [2.45, 2.75) is 43.9 Å². The summed E-state index contributed by atoms with van der Waals surface area (Å²) in [6, 6.07) is 2.11. The highest BCUT2D eigenvalue weighted by Crippen LogP contribution is 2.30. The topological polar surface area (TPSA) is 17.8 Å². The van der Waals surface area contributed by atoms with Crippen molar-refractivity contribution in [3.8, 4) is 0 Å². The third-order valence-electron chi connectivity index (χ3n) is 3.45. The Morgan fingerprint density at radius 1 is 1.53 bits per heavy atom. The molecule has 2 atom stereocenters. The highest BCUT2D eigenvalue weighted by atomic mass is 35.5. The van der Waals surface area contributed by atoms with Crippen molar-refractivity contribution < 1.29 is 0 Å². The molecule has 0 saturated heterocycles. The minimum absolute atomic E-state index is 0.426. The second-order valence-electron chi connectivity index (χ2n) is 4.61. The predicted molar refractivity (Wildman–Crippen MR) is 63.1 cm³/mol. The molecule has 1 aliphatic rings. The molecule has 84 valence electrons. The first-order valence-corrected chi connectivity index (χ1v) is 6.30. The van der Waals surface area contributed by atoms with Crippen molar-refractivity contribution >= 4 is 11.6 Å². The van der Waals surface area contributed by atoms with Crippen LogP contribution in [0.4, 0.5) is 0 Å². The first kappa shape index (κ1) is 11.0. The largest absolute Gasteiger partial charge is 0.273 e. The molecule has 2 rings (SSSR count). The molecule has 1 aromatic heterocycles. The second kappa shape index (κ2) is 5.02. The van der Waals surface area contributed by atoms with E-state index in [-0.39, 0.29) is 0 Å². The van der Waals surface area contributed by atoms with Gasteiger partial charge in [0, 0.05) is 24.3 Å². The van der Waals surface area contributed by atoms with E-state index in [0.717, 1.165) is 12.3 Å². The van der Waals surface area contributed by atoms with Crippen LogP contribution in [-0.4, -0.2) is 15.2 Å². The van der Waals surface area contributed by atoms with E-state index in [2.05, 4.69) is 11.2 Å². The Balaban J connectivity index is 1.80. The molecule has 0 aliphatic heterocycles. The molecule has 0 spiro atoms. The minimum atomic E-state index is 0.426. The molecule has 2 nitrogen and oxygen atoms in total. The van der Waals surface area contributed by atoms with E-state index in [1.165, 1.54) is 37.8 Å². The van der Waals surface area contributed by atoms with Crippen molar-refractivity contribution in [1.29, 1.82) is 0 Å². The second-order valence-corrected chi connectivity index (χ2v) is 5.23. The van der Waals surface area contributed by atoms with Gasteiger partial charge in [-0.25, -0.2) is 0 Å². The maximum atomic E-state index is 6.19. The van der Waals surface area contributed by atoms with Gasteiger partial charge in [-0.2, -0.15) is 5.10 Å². The molecule has 1 fully saturated rings. The molecule has 0 radical (unpaired) electrons. The molecular formula is C12H19ClN2. The van der Waals surface area contributed by atoms with Crippen LogP contribution in [0, 0.1) is 5.92 Å². The monoisotopic (exact) mass is 226 g/mol. The van der Waals surface area contributed by atoms with Crippen LogP contribution in [0.5, 0.6) is 0 Å². The quantitative estimate of drug-likeness (QED) is 0.724. The Morgan fingerprint density at radius 2 is 2.40 bits per heavy atom. The molecule has 1 aliphatic carbocycles. The Bertz CT molecular complexity index is 308. The van der Waals surface area contributed by atoms with Crippen molar-refractivity contribution in [1.82, 2.24) is 9.78 Å². The SMILES string of the molecule is Cn1nccc1CCC1CCCC(Cl)C1. The minimum Gasteiger partial charge on any atom is -0.273 e. The normalized spacial score (nSPS) is 26.8. The van der Waals surface area contributed by atoms with Crippen LogP contribution in [0.2, 0.25) is 0 Å². The van der Waals surface area contributed by atoms with Gasteiger partial charge in [-0.1, -0.05) is 12.8 Å². The third kappa shape index (κ3) is 2.97. The molecule has 0 amide bonds. The molecule has 2 unspecified atom stereocenters. The van der Waals surface area contributed by atoms with Crippen molar-refractivity contribution in [3.05, 3.63) is 18.0 Å². The first-order valence-electron chi connectivity index (χ1n) is 5.86. The van der Waals surface area contributed by atoms with Gasteiger partial charge >= 0.3 is 0 Å². The molecule has 1 saturated carbocycles. The van der Waals surface area contributed by atoms with Gasteiger partial charge in [-0.3, -0.25) is 4.68 Å². The van der Waals surface area contributed by atoms with Crippen LogP contribution >= 0.6 is 11.6 Å². The smallest absolute Gasteiger partial charge is 0.0492 e. The van der Waals surface area contributed by atoms with E-state index < -0.39 is 0 Å². The third-order valence-corrected chi connectivity index (χ3v) is 3.85. The van der Waals surface area contributed by atoms with Gasteiger partial charge in [0.2, 0.25) is 0 Å². The lowest BCUT2D eigenvalue weighted by Gasteiger charge is -2.25. The molecule has 0 N–H and O–H groups in total. The van der Waals surface area contributed by atoms with Gasteiger partial charge in [0.05, 0.1) is 0 Å². The number of hydrogen-bond donors (Lipinski definition) is 0. The summed E-state index contributed by atoms with van der Waals surface area (Å²) >= 11 is 6.19. The summed E-state index contributed by atoms with van der Waals surface area (Å²) < 4.78 is 1.97. The first-order chi connectivity index (χ1) is 7.25. The fourth-order valence-corrected chi connectivity index (χ4v) is 2.89. The lowest BCUT2D eigenvalue weighted by Crippen LogP contribution is -2.16. The molecule has 3 heteroatoms. The predicted octanol–water partition coefficient (Wildman–Crippen LogP) is 3.15. The number of halogens is 1. The van der Waals surface area contributed by atoms with E-state index in [4.69, 9.17) is 11.6 Å². The van der Waals surface area contributed by atoms with Crippen LogP contribution in [0.25, 0.3) is 0 Å². The summed E-state index contributed by atoms with van der Waals surface area (Å²) in [7, 11) is 2.01. The van der Waals surface area contributed by atoms with Crippen molar-refractivity contribution in [2.75, 3.05) is 0 Å². The number of rotatable bonds is 3. The number of aromatic nitrogens is 2. The maximum Gasteiger partial charge on any atom is 0.0492 e. The standard InChI is InChI=1S/C12H19ClN2/c1-15-12(7-8-14-15)6-5-10-3-2-4-11(13)9-10/h7-8,10-11H,2-6,9H2,1H3. The van der Waals surface area contributed by atoms with Crippen molar-refractivity contribution in [3.63, 3.8) is 0 Å². The van der Waals surface area contributed by atoms with Gasteiger partial charge in [0.15, 0.2) is 0 Å².